The van der Waals surface area contributed by atoms with Crippen LogP contribution in [0.4, 0.5) is 0 Å². The second kappa shape index (κ2) is 7.95. The Labute approximate surface area is 138 Å². The maximum atomic E-state index is 12.4. The van der Waals surface area contributed by atoms with Gasteiger partial charge in [-0.3, -0.25) is 9.59 Å². The summed E-state index contributed by atoms with van der Waals surface area (Å²) in [6, 6.07) is 9.57. The standard InChI is InChI=1S/C16H18BrN3O2/c17-14-5-2-1-4-13(14)12-16(22)20-9-3-8-19(10-11-20)15(21)6-7-18/h1-2,4-5H,3,6,8-12H2. The van der Waals surface area contributed by atoms with Crippen molar-refractivity contribution in [3.8, 4) is 6.07 Å². The molecule has 6 heteroatoms. The Morgan fingerprint density at radius 2 is 1.73 bits per heavy atom. The van der Waals surface area contributed by atoms with Crippen molar-refractivity contribution in [1.29, 1.82) is 5.26 Å². The van der Waals surface area contributed by atoms with Gasteiger partial charge in [-0.2, -0.15) is 5.26 Å². The molecule has 1 aromatic carbocycles. The van der Waals surface area contributed by atoms with Gasteiger partial charge in [0.1, 0.15) is 6.42 Å². The van der Waals surface area contributed by atoms with E-state index in [1.54, 1.807) is 9.80 Å². The lowest BCUT2D eigenvalue weighted by Crippen LogP contribution is -2.37. The van der Waals surface area contributed by atoms with Crippen molar-refractivity contribution in [3.63, 3.8) is 0 Å². The molecule has 22 heavy (non-hydrogen) atoms. The van der Waals surface area contributed by atoms with Crippen molar-refractivity contribution in [1.82, 2.24) is 9.80 Å². The van der Waals surface area contributed by atoms with Gasteiger partial charge in [0.2, 0.25) is 11.8 Å². The van der Waals surface area contributed by atoms with Gasteiger partial charge >= 0.3 is 0 Å². The van der Waals surface area contributed by atoms with Crippen LogP contribution in [-0.4, -0.2) is 47.8 Å². The van der Waals surface area contributed by atoms with Crippen molar-refractivity contribution in [2.24, 2.45) is 0 Å². The molecule has 0 bridgehead atoms. The first-order valence-corrected chi connectivity index (χ1v) is 8.07. The predicted octanol–water partition coefficient (Wildman–Crippen LogP) is 1.97. The highest BCUT2D eigenvalue weighted by atomic mass is 79.9. The van der Waals surface area contributed by atoms with E-state index < -0.39 is 0 Å². The van der Waals surface area contributed by atoms with E-state index in [9.17, 15) is 9.59 Å². The van der Waals surface area contributed by atoms with Crippen molar-refractivity contribution in [2.45, 2.75) is 19.3 Å². The average Bonchev–Trinajstić information content (AvgIpc) is 2.76. The molecule has 5 nitrogen and oxygen atoms in total. The summed E-state index contributed by atoms with van der Waals surface area (Å²) >= 11 is 3.46. The summed E-state index contributed by atoms with van der Waals surface area (Å²) in [5.74, 6) is -0.0796. The fraction of sp³-hybridized carbons (Fsp3) is 0.438. The molecule has 0 aromatic heterocycles. The number of hydrogen-bond donors (Lipinski definition) is 0. The molecule has 1 saturated heterocycles. The van der Waals surface area contributed by atoms with Crippen molar-refractivity contribution >= 4 is 27.7 Å². The fourth-order valence-corrected chi connectivity index (χ4v) is 2.94. The lowest BCUT2D eigenvalue weighted by atomic mass is 10.1. The molecular formula is C16H18BrN3O2. The second-order valence-corrected chi connectivity index (χ2v) is 6.07. The molecule has 0 radical (unpaired) electrons. The third kappa shape index (κ3) is 4.31. The summed E-state index contributed by atoms with van der Waals surface area (Å²) in [5, 5.41) is 8.60. The Balaban J connectivity index is 1.93. The Morgan fingerprint density at radius 1 is 1.09 bits per heavy atom. The van der Waals surface area contributed by atoms with Crippen LogP contribution in [0.25, 0.3) is 0 Å². The number of rotatable bonds is 3. The Bertz CT molecular complexity index is 597. The van der Waals surface area contributed by atoms with Gasteiger partial charge in [0, 0.05) is 30.7 Å². The van der Waals surface area contributed by atoms with Crippen LogP contribution in [0.2, 0.25) is 0 Å². The highest BCUT2D eigenvalue weighted by molar-refractivity contribution is 9.10. The third-order valence-corrected chi connectivity index (χ3v) is 4.50. The molecule has 1 heterocycles. The van der Waals surface area contributed by atoms with Crippen molar-refractivity contribution < 1.29 is 9.59 Å². The van der Waals surface area contributed by atoms with Crippen LogP contribution in [0.3, 0.4) is 0 Å². The van der Waals surface area contributed by atoms with E-state index in [4.69, 9.17) is 5.26 Å². The van der Waals surface area contributed by atoms with Crippen molar-refractivity contribution in [2.75, 3.05) is 26.2 Å². The van der Waals surface area contributed by atoms with Crippen LogP contribution in [0.15, 0.2) is 28.7 Å². The minimum Gasteiger partial charge on any atom is -0.341 e. The lowest BCUT2D eigenvalue weighted by Gasteiger charge is -2.22. The predicted molar refractivity (Wildman–Crippen MR) is 85.9 cm³/mol. The zero-order valence-electron chi connectivity index (χ0n) is 12.3. The first kappa shape index (κ1) is 16.5. The average molecular weight is 364 g/mol. The lowest BCUT2D eigenvalue weighted by molar-refractivity contribution is -0.132. The highest BCUT2D eigenvalue weighted by Crippen LogP contribution is 2.17. The minimum absolute atomic E-state index is 0.0708. The summed E-state index contributed by atoms with van der Waals surface area (Å²) in [6.45, 7) is 2.29. The van der Waals surface area contributed by atoms with E-state index in [0.717, 1.165) is 16.5 Å². The van der Waals surface area contributed by atoms with Crippen LogP contribution in [-0.2, 0) is 16.0 Å². The number of nitriles is 1. The third-order valence-electron chi connectivity index (χ3n) is 3.73. The molecule has 2 rings (SSSR count). The number of carbonyl (C=O) groups excluding carboxylic acids is 2. The minimum atomic E-state index is -0.150. The van der Waals surface area contributed by atoms with Gasteiger partial charge in [-0.15, -0.1) is 0 Å². The molecular weight excluding hydrogens is 346 g/mol. The number of carbonyl (C=O) groups is 2. The van der Waals surface area contributed by atoms with E-state index in [0.29, 0.717) is 32.6 Å². The number of amides is 2. The van der Waals surface area contributed by atoms with Gasteiger partial charge in [-0.25, -0.2) is 0 Å². The number of halogens is 1. The topological polar surface area (TPSA) is 64.4 Å². The molecule has 0 unspecified atom stereocenters. The zero-order valence-corrected chi connectivity index (χ0v) is 13.9. The largest absolute Gasteiger partial charge is 0.341 e. The summed E-state index contributed by atoms with van der Waals surface area (Å²) < 4.78 is 0.934. The monoisotopic (exact) mass is 363 g/mol. The quantitative estimate of drug-likeness (QED) is 0.824. The van der Waals surface area contributed by atoms with Crippen LogP contribution in [0.1, 0.15) is 18.4 Å². The van der Waals surface area contributed by atoms with E-state index in [1.165, 1.54) is 0 Å². The molecule has 116 valence electrons. The van der Waals surface area contributed by atoms with Crippen LogP contribution >= 0.6 is 15.9 Å². The summed E-state index contributed by atoms with van der Waals surface area (Å²) in [6.07, 6.45) is 1.01. The van der Waals surface area contributed by atoms with E-state index in [2.05, 4.69) is 15.9 Å². The van der Waals surface area contributed by atoms with E-state index >= 15 is 0 Å². The van der Waals surface area contributed by atoms with Gasteiger partial charge in [0.15, 0.2) is 0 Å². The van der Waals surface area contributed by atoms with Crippen LogP contribution < -0.4 is 0 Å². The summed E-state index contributed by atoms with van der Waals surface area (Å²) in [7, 11) is 0. The smallest absolute Gasteiger partial charge is 0.236 e. The fourth-order valence-electron chi connectivity index (χ4n) is 2.51. The summed E-state index contributed by atoms with van der Waals surface area (Å²) in [5.41, 5.74) is 0.967. The SMILES string of the molecule is N#CCC(=O)N1CCCN(C(=O)Cc2ccccc2Br)CC1. The Morgan fingerprint density at radius 3 is 2.36 bits per heavy atom. The molecule has 0 atom stereocenters. The van der Waals surface area contributed by atoms with Crippen LogP contribution in [0.5, 0.6) is 0 Å². The van der Waals surface area contributed by atoms with Gasteiger partial charge in [-0.1, -0.05) is 34.1 Å². The number of benzene rings is 1. The molecule has 0 saturated carbocycles. The molecule has 1 fully saturated rings. The molecule has 1 aliphatic heterocycles. The first-order valence-electron chi connectivity index (χ1n) is 7.27. The summed E-state index contributed by atoms with van der Waals surface area (Å²) in [4.78, 5) is 27.7. The van der Waals surface area contributed by atoms with E-state index in [-0.39, 0.29) is 18.2 Å². The molecule has 1 aromatic rings. The zero-order chi connectivity index (χ0) is 15.9. The Kier molecular flexibility index (Phi) is 5.96. The van der Waals surface area contributed by atoms with Crippen molar-refractivity contribution in [3.05, 3.63) is 34.3 Å². The first-order chi connectivity index (χ1) is 10.6. The maximum absolute atomic E-state index is 12.4. The molecule has 0 N–H and O–H groups in total. The molecule has 0 spiro atoms. The van der Waals surface area contributed by atoms with Gasteiger partial charge < -0.3 is 9.80 Å². The molecule has 0 aliphatic carbocycles. The normalized spacial score (nSPS) is 15.1. The van der Waals surface area contributed by atoms with Crippen LogP contribution in [0, 0.1) is 11.3 Å². The molecule has 2 amide bonds. The second-order valence-electron chi connectivity index (χ2n) is 5.22. The van der Waals surface area contributed by atoms with Gasteiger partial charge in [-0.05, 0) is 18.1 Å². The van der Waals surface area contributed by atoms with E-state index in [1.807, 2.05) is 30.3 Å². The Hall–Kier alpha value is -1.87. The van der Waals surface area contributed by atoms with Gasteiger partial charge in [0.05, 0.1) is 12.5 Å². The van der Waals surface area contributed by atoms with Gasteiger partial charge in [0.25, 0.3) is 0 Å². The number of hydrogen-bond acceptors (Lipinski definition) is 3. The highest BCUT2D eigenvalue weighted by Gasteiger charge is 2.22. The number of nitrogens with zero attached hydrogens (tertiary/aromatic N) is 3. The maximum Gasteiger partial charge on any atom is 0.236 e. The molecule has 1 aliphatic rings.